The molecule has 1 N–H and O–H groups in total. The molecule has 1 aliphatic rings. The summed E-state index contributed by atoms with van der Waals surface area (Å²) in [5.74, 6) is 0. The summed E-state index contributed by atoms with van der Waals surface area (Å²) in [5, 5.41) is 3.67. The minimum atomic E-state index is -3.85. The maximum Gasteiger partial charge on any atom is 0.244 e. The molecule has 4 aromatic carbocycles. The number of piperazine rings is 1. The van der Waals surface area contributed by atoms with Crippen molar-refractivity contribution in [2.24, 2.45) is 0 Å². The van der Waals surface area contributed by atoms with Crippen molar-refractivity contribution < 1.29 is 13.2 Å². The van der Waals surface area contributed by atoms with Crippen molar-refractivity contribution in [1.82, 2.24) is 9.62 Å². The zero-order valence-corrected chi connectivity index (χ0v) is 22.6. The van der Waals surface area contributed by atoms with Crippen LogP contribution in [0.4, 0.5) is 0 Å². The fourth-order valence-corrected chi connectivity index (χ4v) is 6.89. The smallest absolute Gasteiger partial charge is 0.244 e. The summed E-state index contributed by atoms with van der Waals surface area (Å²) >= 11 is 0. The Morgan fingerprint density at radius 3 is 1.92 bits per heavy atom. The molecule has 0 amide bonds. The Morgan fingerprint density at radius 2 is 1.32 bits per heavy atom. The van der Waals surface area contributed by atoms with E-state index < -0.39 is 22.1 Å². The van der Waals surface area contributed by atoms with Gasteiger partial charge in [-0.25, -0.2) is 8.42 Å². The quantitative estimate of drug-likeness (QED) is 0.308. The summed E-state index contributed by atoms with van der Waals surface area (Å²) in [6.07, 6.45) is 0. The van der Waals surface area contributed by atoms with Crippen LogP contribution in [0.1, 0.15) is 39.9 Å². The third-order valence-electron chi connectivity index (χ3n) is 7.12. The second-order valence-electron chi connectivity index (χ2n) is 9.95. The van der Waals surface area contributed by atoms with E-state index in [1.54, 1.807) is 16.4 Å². The predicted octanol–water partition coefficient (Wildman–Crippen LogP) is 5.97. The number of rotatable bonds is 8. The van der Waals surface area contributed by atoms with E-state index in [9.17, 15) is 8.42 Å². The molecule has 0 saturated carbocycles. The summed E-state index contributed by atoms with van der Waals surface area (Å²) in [4.78, 5) is 0.293. The van der Waals surface area contributed by atoms with Gasteiger partial charge in [-0.15, -0.1) is 0 Å². The minimum Gasteiger partial charge on any atom is -0.375 e. The third kappa shape index (κ3) is 5.74. The third-order valence-corrected chi connectivity index (χ3v) is 9.07. The molecule has 6 heteroatoms. The number of aryl methyl sites for hydroxylation is 2. The molecule has 1 heterocycles. The SMILES string of the molecule is Cc1ccc(COCC2CN[C@H](c3ccccc3)[C@@H](c3ccccc3)N2S(=O)(=O)c2ccc(C)cc2)cc1. The van der Waals surface area contributed by atoms with Crippen LogP contribution in [0.5, 0.6) is 0 Å². The topological polar surface area (TPSA) is 58.6 Å². The molecule has 38 heavy (non-hydrogen) atoms. The Bertz CT molecular complexity index is 1420. The number of nitrogens with zero attached hydrogens (tertiary/aromatic N) is 1. The first-order valence-electron chi connectivity index (χ1n) is 13.0. The van der Waals surface area contributed by atoms with Gasteiger partial charge in [0.25, 0.3) is 0 Å². The van der Waals surface area contributed by atoms with Crippen molar-refractivity contribution in [3.8, 4) is 0 Å². The molecular formula is C32H34N2O3S. The van der Waals surface area contributed by atoms with Crippen LogP contribution in [-0.4, -0.2) is 31.9 Å². The highest BCUT2D eigenvalue weighted by Crippen LogP contribution is 2.41. The fourth-order valence-electron chi connectivity index (χ4n) is 5.10. The summed E-state index contributed by atoms with van der Waals surface area (Å²) in [7, 11) is -3.85. The van der Waals surface area contributed by atoms with Gasteiger partial charge in [0.15, 0.2) is 0 Å². The molecular weight excluding hydrogens is 492 g/mol. The summed E-state index contributed by atoms with van der Waals surface area (Å²) < 4.78 is 36.6. The maximum absolute atomic E-state index is 14.4. The summed E-state index contributed by atoms with van der Waals surface area (Å²) in [6.45, 7) is 5.19. The molecule has 0 aliphatic carbocycles. The van der Waals surface area contributed by atoms with E-state index in [1.807, 2.05) is 79.7 Å². The lowest BCUT2D eigenvalue weighted by molar-refractivity contribution is 0.0415. The zero-order chi connectivity index (χ0) is 26.5. The lowest BCUT2D eigenvalue weighted by Crippen LogP contribution is -2.57. The Hall–Kier alpha value is -3.29. The lowest BCUT2D eigenvalue weighted by Gasteiger charge is -2.46. The Labute approximate surface area is 226 Å². The average molecular weight is 527 g/mol. The van der Waals surface area contributed by atoms with Gasteiger partial charge >= 0.3 is 0 Å². The number of hydrogen-bond donors (Lipinski definition) is 1. The van der Waals surface area contributed by atoms with Crippen molar-refractivity contribution in [2.75, 3.05) is 13.2 Å². The first-order valence-corrected chi connectivity index (χ1v) is 14.4. The molecule has 1 unspecified atom stereocenters. The highest BCUT2D eigenvalue weighted by Gasteiger charge is 2.45. The predicted molar refractivity (Wildman–Crippen MR) is 151 cm³/mol. The number of sulfonamides is 1. The number of nitrogens with one attached hydrogen (secondary N) is 1. The maximum atomic E-state index is 14.4. The molecule has 5 rings (SSSR count). The highest BCUT2D eigenvalue weighted by atomic mass is 32.2. The Morgan fingerprint density at radius 1 is 0.763 bits per heavy atom. The van der Waals surface area contributed by atoms with Crippen LogP contribution in [0.3, 0.4) is 0 Å². The van der Waals surface area contributed by atoms with Crippen molar-refractivity contribution >= 4 is 10.0 Å². The summed E-state index contributed by atoms with van der Waals surface area (Å²) in [6, 6.07) is 34.3. The van der Waals surface area contributed by atoms with Crippen LogP contribution >= 0.6 is 0 Å². The normalized spacial score (nSPS) is 20.3. The van der Waals surface area contributed by atoms with Gasteiger partial charge in [0.2, 0.25) is 10.0 Å². The van der Waals surface area contributed by atoms with E-state index in [2.05, 4.69) is 36.5 Å². The van der Waals surface area contributed by atoms with Gasteiger partial charge in [-0.1, -0.05) is 108 Å². The highest BCUT2D eigenvalue weighted by molar-refractivity contribution is 7.89. The first kappa shape index (κ1) is 26.3. The van der Waals surface area contributed by atoms with Gasteiger partial charge in [-0.2, -0.15) is 4.31 Å². The van der Waals surface area contributed by atoms with Gasteiger partial charge < -0.3 is 10.1 Å². The van der Waals surface area contributed by atoms with Gasteiger partial charge in [-0.05, 0) is 42.7 Å². The van der Waals surface area contributed by atoms with Gasteiger partial charge in [0, 0.05) is 6.54 Å². The lowest BCUT2D eigenvalue weighted by atomic mass is 9.90. The second-order valence-corrected chi connectivity index (χ2v) is 11.8. The molecule has 0 bridgehead atoms. The molecule has 0 aromatic heterocycles. The monoisotopic (exact) mass is 526 g/mol. The zero-order valence-electron chi connectivity index (χ0n) is 21.8. The summed E-state index contributed by atoms with van der Waals surface area (Å²) in [5.41, 5.74) is 5.26. The fraction of sp³-hybridized carbons (Fsp3) is 0.250. The molecule has 5 nitrogen and oxygen atoms in total. The van der Waals surface area contributed by atoms with Crippen molar-refractivity contribution in [2.45, 2.75) is 43.5 Å². The Balaban J connectivity index is 1.54. The molecule has 3 atom stereocenters. The first-order chi connectivity index (χ1) is 18.4. The minimum absolute atomic E-state index is 0.216. The van der Waals surface area contributed by atoms with Gasteiger partial charge in [0.1, 0.15) is 0 Å². The molecule has 196 valence electrons. The van der Waals surface area contributed by atoms with E-state index >= 15 is 0 Å². The van der Waals surface area contributed by atoms with Crippen LogP contribution in [0.25, 0.3) is 0 Å². The van der Waals surface area contributed by atoms with Gasteiger partial charge in [-0.3, -0.25) is 0 Å². The molecule has 1 fully saturated rings. The number of hydrogen-bond acceptors (Lipinski definition) is 4. The molecule has 0 spiro atoms. The number of benzene rings is 4. The molecule has 1 saturated heterocycles. The molecule has 4 aromatic rings. The van der Waals surface area contributed by atoms with Gasteiger partial charge in [0.05, 0.1) is 36.2 Å². The van der Waals surface area contributed by atoms with Crippen LogP contribution in [0.2, 0.25) is 0 Å². The van der Waals surface area contributed by atoms with Crippen molar-refractivity contribution in [3.05, 3.63) is 137 Å². The van der Waals surface area contributed by atoms with E-state index in [0.29, 0.717) is 18.0 Å². The van der Waals surface area contributed by atoms with Crippen LogP contribution in [-0.2, 0) is 21.4 Å². The molecule has 0 radical (unpaired) electrons. The largest absolute Gasteiger partial charge is 0.375 e. The second kappa shape index (κ2) is 11.6. The van der Waals surface area contributed by atoms with E-state index in [0.717, 1.165) is 22.3 Å². The average Bonchev–Trinajstić information content (AvgIpc) is 2.95. The van der Waals surface area contributed by atoms with E-state index in [1.165, 1.54) is 5.56 Å². The number of ether oxygens (including phenoxy) is 1. The standard InChI is InChI=1S/C32H34N2O3S/c1-24-13-17-26(18-14-24)22-37-23-29-21-33-31(27-9-5-3-6-10-27)32(28-11-7-4-8-12-28)34(29)38(35,36)30-19-15-25(2)16-20-30/h3-20,29,31-33H,21-23H2,1-2H3/t29?,31-,32-/m1/s1. The van der Waals surface area contributed by atoms with E-state index in [4.69, 9.17) is 4.74 Å². The van der Waals surface area contributed by atoms with Crippen LogP contribution in [0.15, 0.2) is 114 Å². The molecule has 1 aliphatic heterocycles. The Kier molecular flexibility index (Phi) is 8.05. The van der Waals surface area contributed by atoms with Crippen molar-refractivity contribution in [3.63, 3.8) is 0 Å². The van der Waals surface area contributed by atoms with E-state index in [-0.39, 0.29) is 12.6 Å². The van der Waals surface area contributed by atoms with Crippen LogP contribution < -0.4 is 5.32 Å². The van der Waals surface area contributed by atoms with Crippen molar-refractivity contribution in [1.29, 1.82) is 0 Å². The van der Waals surface area contributed by atoms with Crippen LogP contribution in [0, 0.1) is 13.8 Å².